The van der Waals surface area contributed by atoms with Crippen molar-refractivity contribution in [2.45, 2.75) is 75.1 Å². The molecule has 1 saturated carbocycles. The fraction of sp³-hybridized carbons (Fsp3) is 0.667. The van der Waals surface area contributed by atoms with Gasteiger partial charge in [-0.25, -0.2) is 13.1 Å². The average Bonchev–Trinajstić information content (AvgIpc) is 2.69. The van der Waals surface area contributed by atoms with Crippen molar-refractivity contribution in [3.05, 3.63) is 23.8 Å². The second-order valence-corrected chi connectivity index (χ2v) is 9.59. The second kappa shape index (κ2) is 9.74. The van der Waals surface area contributed by atoms with Crippen LogP contribution in [0.1, 0.15) is 74.6 Å². The highest BCUT2D eigenvalue weighted by molar-refractivity contribution is 7.89. The van der Waals surface area contributed by atoms with Crippen LogP contribution in [0.4, 0.5) is 0 Å². The van der Waals surface area contributed by atoms with Gasteiger partial charge in [0.2, 0.25) is 10.0 Å². The topological polar surface area (TPSA) is 75.7 Å². The Morgan fingerprint density at radius 1 is 1.00 bits per heavy atom. The highest BCUT2D eigenvalue weighted by atomic mass is 32.2. The lowest BCUT2D eigenvalue weighted by molar-refractivity contribution is 0.0720. The molecule has 1 aromatic rings. The number of hydrogen-bond acceptors (Lipinski definition) is 4. The number of nitrogens with one attached hydrogen (secondary N) is 1. The van der Waals surface area contributed by atoms with Gasteiger partial charge in [-0.2, -0.15) is 0 Å². The van der Waals surface area contributed by atoms with Crippen molar-refractivity contribution in [3.63, 3.8) is 0 Å². The number of nitrogens with zero attached hydrogens (tertiary/aromatic N) is 1. The predicted molar refractivity (Wildman–Crippen MR) is 109 cm³/mol. The molecule has 0 radical (unpaired) electrons. The number of sulfonamides is 1. The van der Waals surface area contributed by atoms with Crippen molar-refractivity contribution in [1.82, 2.24) is 9.62 Å². The molecule has 1 aliphatic carbocycles. The van der Waals surface area contributed by atoms with E-state index >= 15 is 0 Å². The van der Waals surface area contributed by atoms with E-state index in [0.717, 1.165) is 57.8 Å². The summed E-state index contributed by atoms with van der Waals surface area (Å²) in [6.45, 7) is 1.42. The molecule has 156 valence electrons. The number of methoxy groups -OCH3 is 1. The number of benzene rings is 1. The van der Waals surface area contributed by atoms with Crippen LogP contribution >= 0.6 is 0 Å². The van der Waals surface area contributed by atoms with E-state index in [-0.39, 0.29) is 16.8 Å². The van der Waals surface area contributed by atoms with Crippen LogP contribution in [0.3, 0.4) is 0 Å². The van der Waals surface area contributed by atoms with E-state index in [9.17, 15) is 13.2 Å². The summed E-state index contributed by atoms with van der Waals surface area (Å²) in [6, 6.07) is 4.55. The molecular weight excluding hydrogens is 376 g/mol. The molecule has 6 nitrogen and oxygen atoms in total. The number of rotatable bonds is 5. The van der Waals surface area contributed by atoms with Gasteiger partial charge in [0, 0.05) is 19.1 Å². The van der Waals surface area contributed by atoms with Gasteiger partial charge in [-0.3, -0.25) is 4.79 Å². The highest BCUT2D eigenvalue weighted by Gasteiger charge is 2.26. The zero-order valence-electron chi connectivity index (χ0n) is 16.8. The third-order valence-electron chi connectivity index (χ3n) is 5.78. The molecule has 0 atom stereocenters. The lowest BCUT2D eigenvalue weighted by Gasteiger charge is -2.27. The predicted octanol–water partition coefficient (Wildman–Crippen LogP) is 3.71. The van der Waals surface area contributed by atoms with Crippen molar-refractivity contribution in [3.8, 4) is 5.75 Å². The van der Waals surface area contributed by atoms with Crippen LogP contribution in [0.2, 0.25) is 0 Å². The van der Waals surface area contributed by atoms with Crippen LogP contribution in [0.15, 0.2) is 23.1 Å². The fourth-order valence-corrected chi connectivity index (χ4v) is 5.48. The molecule has 1 aliphatic heterocycles. The molecular formula is C21H32N2O4S. The molecule has 1 amide bonds. The van der Waals surface area contributed by atoms with E-state index < -0.39 is 10.0 Å². The third-order valence-corrected chi connectivity index (χ3v) is 7.30. The zero-order chi connectivity index (χ0) is 20.0. The Morgan fingerprint density at radius 3 is 2.25 bits per heavy atom. The zero-order valence-corrected chi connectivity index (χ0v) is 17.6. The summed E-state index contributed by atoms with van der Waals surface area (Å²) in [7, 11) is -2.17. The lowest BCUT2D eigenvalue weighted by Crippen LogP contribution is -2.37. The molecule has 0 bridgehead atoms. The monoisotopic (exact) mass is 408 g/mol. The Morgan fingerprint density at radius 2 is 1.61 bits per heavy atom. The molecule has 0 spiro atoms. The van der Waals surface area contributed by atoms with Crippen molar-refractivity contribution in [2.24, 2.45) is 0 Å². The molecule has 1 N–H and O–H groups in total. The summed E-state index contributed by atoms with van der Waals surface area (Å²) < 4.78 is 34.2. The number of hydrogen-bond donors (Lipinski definition) is 1. The Kier molecular flexibility index (Phi) is 7.35. The second-order valence-electron chi connectivity index (χ2n) is 7.88. The maximum atomic E-state index is 13.0. The van der Waals surface area contributed by atoms with E-state index in [2.05, 4.69) is 4.72 Å². The molecule has 28 heavy (non-hydrogen) atoms. The number of piperidine rings is 1. The summed E-state index contributed by atoms with van der Waals surface area (Å²) in [4.78, 5) is 14.9. The first-order chi connectivity index (χ1) is 13.5. The molecule has 7 heteroatoms. The molecule has 1 aromatic carbocycles. The molecule has 2 fully saturated rings. The first-order valence-electron chi connectivity index (χ1n) is 10.5. The smallest absolute Gasteiger partial charge is 0.257 e. The normalized spacial score (nSPS) is 19.7. The van der Waals surface area contributed by atoms with Crippen LogP contribution in [-0.2, 0) is 10.0 Å². The molecule has 1 heterocycles. The van der Waals surface area contributed by atoms with E-state index in [0.29, 0.717) is 24.4 Å². The Balaban J connectivity index is 1.81. The van der Waals surface area contributed by atoms with Crippen molar-refractivity contribution in [2.75, 3.05) is 20.2 Å². The largest absolute Gasteiger partial charge is 0.496 e. The van der Waals surface area contributed by atoms with Gasteiger partial charge in [0.05, 0.1) is 17.6 Å². The number of carbonyl (C=O) groups is 1. The Hall–Kier alpha value is -1.60. The molecule has 2 aliphatic rings. The minimum Gasteiger partial charge on any atom is -0.496 e. The lowest BCUT2D eigenvalue weighted by atomic mass is 9.97. The van der Waals surface area contributed by atoms with Gasteiger partial charge in [0.15, 0.2) is 0 Å². The van der Waals surface area contributed by atoms with Crippen LogP contribution in [0.25, 0.3) is 0 Å². The first-order valence-corrected chi connectivity index (χ1v) is 12.0. The van der Waals surface area contributed by atoms with Gasteiger partial charge in [0.25, 0.3) is 5.91 Å². The quantitative estimate of drug-likeness (QED) is 0.806. The standard InChI is InChI=1S/C21H32N2O4S/c1-27-20-13-12-18(16-19(20)21(24)23-14-8-5-9-15-23)28(25,26)22-17-10-6-3-2-4-7-11-17/h12-13,16-17,22H,2-11,14-15H2,1H3. The summed E-state index contributed by atoms with van der Waals surface area (Å²) in [6.07, 6.45) is 10.5. The van der Waals surface area contributed by atoms with Crippen molar-refractivity contribution >= 4 is 15.9 Å². The maximum Gasteiger partial charge on any atom is 0.257 e. The van der Waals surface area contributed by atoms with Crippen molar-refractivity contribution < 1.29 is 17.9 Å². The van der Waals surface area contributed by atoms with Gasteiger partial charge in [-0.1, -0.05) is 32.1 Å². The minimum absolute atomic E-state index is 0.0337. The number of carbonyl (C=O) groups excluding carboxylic acids is 1. The number of likely N-dealkylation sites (tertiary alicyclic amines) is 1. The van der Waals surface area contributed by atoms with Gasteiger partial charge in [-0.05, 0) is 50.3 Å². The van der Waals surface area contributed by atoms with Crippen molar-refractivity contribution in [1.29, 1.82) is 0 Å². The summed E-state index contributed by atoms with van der Waals surface area (Å²) in [5.74, 6) is 0.264. The van der Waals surface area contributed by atoms with E-state index in [1.54, 1.807) is 11.0 Å². The summed E-state index contributed by atoms with van der Waals surface area (Å²) in [5.41, 5.74) is 0.324. The van der Waals surface area contributed by atoms with E-state index in [1.807, 2.05) is 0 Å². The number of ether oxygens (including phenoxy) is 1. The average molecular weight is 409 g/mol. The SMILES string of the molecule is COc1ccc(S(=O)(=O)NC2CCCCCCC2)cc1C(=O)N1CCCCC1. The van der Waals surface area contributed by atoms with Gasteiger partial charge < -0.3 is 9.64 Å². The Labute approximate surface area is 168 Å². The van der Waals surface area contributed by atoms with Crippen LogP contribution in [-0.4, -0.2) is 45.5 Å². The maximum absolute atomic E-state index is 13.0. The van der Waals surface area contributed by atoms with Gasteiger partial charge in [0.1, 0.15) is 5.75 Å². The van der Waals surface area contributed by atoms with Gasteiger partial charge in [-0.15, -0.1) is 0 Å². The molecule has 3 rings (SSSR count). The Bertz CT molecular complexity index is 765. The highest BCUT2D eigenvalue weighted by Crippen LogP contribution is 2.26. The minimum atomic E-state index is -3.68. The number of amides is 1. The van der Waals surface area contributed by atoms with Crippen LogP contribution in [0.5, 0.6) is 5.75 Å². The van der Waals surface area contributed by atoms with Gasteiger partial charge >= 0.3 is 0 Å². The fourth-order valence-electron chi connectivity index (χ4n) is 4.15. The molecule has 1 saturated heterocycles. The van der Waals surface area contributed by atoms with E-state index in [1.165, 1.54) is 25.7 Å². The molecule has 0 aromatic heterocycles. The third kappa shape index (κ3) is 5.26. The van der Waals surface area contributed by atoms with E-state index in [4.69, 9.17) is 4.74 Å². The van der Waals surface area contributed by atoms with Crippen LogP contribution in [0, 0.1) is 0 Å². The summed E-state index contributed by atoms with van der Waals surface area (Å²) >= 11 is 0. The summed E-state index contributed by atoms with van der Waals surface area (Å²) in [5, 5.41) is 0. The molecule has 0 unspecified atom stereocenters. The van der Waals surface area contributed by atoms with Crippen LogP contribution < -0.4 is 9.46 Å². The first kappa shape index (κ1) is 21.1.